The maximum absolute atomic E-state index is 12.4. The van der Waals surface area contributed by atoms with Gasteiger partial charge in [-0.25, -0.2) is 0 Å². The Hall–Kier alpha value is -1.95. The van der Waals surface area contributed by atoms with Crippen LogP contribution in [0.4, 0.5) is 0 Å². The lowest BCUT2D eigenvalue weighted by Gasteiger charge is -2.29. The number of carbonyl (C=O) groups excluding carboxylic acids is 1. The van der Waals surface area contributed by atoms with Crippen molar-refractivity contribution in [1.29, 1.82) is 0 Å². The van der Waals surface area contributed by atoms with Crippen LogP contribution >= 0.6 is 0 Å². The Morgan fingerprint density at radius 1 is 1.16 bits per heavy atom. The minimum absolute atomic E-state index is 0.0555. The van der Waals surface area contributed by atoms with Crippen molar-refractivity contribution < 1.29 is 19.0 Å². The van der Waals surface area contributed by atoms with Crippen molar-refractivity contribution in [2.24, 2.45) is 0 Å². The molecule has 25 heavy (non-hydrogen) atoms. The number of likely N-dealkylation sites (tertiary alicyclic amines) is 1. The number of hydrogen-bond donors (Lipinski definition) is 1. The first-order valence-electron chi connectivity index (χ1n) is 8.76. The number of benzene rings is 1. The van der Waals surface area contributed by atoms with E-state index in [1.165, 1.54) is 0 Å². The second-order valence-electron chi connectivity index (χ2n) is 6.71. The van der Waals surface area contributed by atoms with Crippen LogP contribution in [0.2, 0.25) is 0 Å². The molecule has 0 aliphatic carbocycles. The van der Waals surface area contributed by atoms with Crippen LogP contribution in [0.1, 0.15) is 37.7 Å². The van der Waals surface area contributed by atoms with Crippen LogP contribution in [-0.4, -0.2) is 58.3 Å². The molecule has 0 bridgehead atoms. The number of hydrogen-bond acceptors (Lipinski definition) is 5. The fraction of sp³-hybridized carbons (Fsp3) is 0.632. The van der Waals surface area contributed by atoms with Crippen LogP contribution < -0.4 is 19.5 Å². The van der Waals surface area contributed by atoms with E-state index in [0.717, 1.165) is 31.5 Å². The molecule has 2 rings (SSSR count). The summed E-state index contributed by atoms with van der Waals surface area (Å²) < 4.78 is 16.1. The van der Waals surface area contributed by atoms with Gasteiger partial charge in [-0.15, -0.1) is 0 Å². The molecule has 1 atom stereocenters. The summed E-state index contributed by atoms with van der Waals surface area (Å²) in [7, 11) is 6.89. The van der Waals surface area contributed by atoms with Crippen LogP contribution in [0.5, 0.6) is 17.2 Å². The Morgan fingerprint density at radius 3 is 2.20 bits per heavy atom. The lowest BCUT2D eigenvalue weighted by atomic mass is 9.96. The van der Waals surface area contributed by atoms with Gasteiger partial charge in [-0.3, -0.25) is 4.79 Å². The summed E-state index contributed by atoms with van der Waals surface area (Å²) in [5.41, 5.74) is 0.994. The molecule has 1 amide bonds. The maximum atomic E-state index is 12.4. The summed E-state index contributed by atoms with van der Waals surface area (Å²) in [6, 6.07) is 4.11. The highest BCUT2D eigenvalue weighted by Crippen LogP contribution is 2.40. The quantitative estimate of drug-likeness (QED) is 0.818. The topological polar surface area (TPSA) is 60.0 Å². The van der Waals surface area contributed by atoms with Gasteiger partial charge in [-0.05, 0) is 56.6 Å². The second-order valence-corrected chi connectivity index (χ2v) is 6.71. The largest absolute Gasteiger partial charge is 0.493 e. The molecule has 0 saturated carbocycles. The smallest absolute Gasteiger partial charge is 0.220 e. The number of nitrogens with one attached hydrogen (secondary N) is 1. The predicted molar refractivity (Wildman–Crippen MR) is 97.8 cm³/mol. The average molecular weight is 350 g/mol. The fourth-order valence-corrected chi connectivity index (χ4v) is 3.22. The van der Waals surface area contributed by atoms with Crippen LogP contribution in [0.3, 0.4) is 0 Å². The van der Waals surface area contributed by atoms with Crippen molar-refractivity contribution in [3.8, 4) is 17.2 Å². The van der Waals surface area contributed by atoms with Crippen molar-refractivity contribution >= 4 is 5.91 Å². The molecule has 1 aromatic carbocycles. The standard InChI is InChI=1S/C19H30N2O4/c1-13(10-18(22)20-15-6-8-21(2)9-7-15)14-11-16(23-3)19(25-5)17(12-14)24-4/h11-13,15H,6-10H2,1-5H3,(H,20,22). The molecule has 6 nitrogen and oxygen atoms in total. The molecule has 1 unspecified atom stereocenters. The van der Waals surface area contributed by atoms with Gasteiger partial charge in [-0.1, -0.05) is 6.92 Å². The summed E-state index contributed by atoms with van der Waals surface area (Å²) in [5.74, 6) is 1.94. The predicted octanol–water partition coefficient (Wildman–Crippen LogP) is 2.42. The number of methoxy groups -OCH3 is 3. The molecule has 1 fully saturated rings. The fourth-order valence-electron chi connectivity index (χ4n) is 3.22. The number of rotatable bonds is 7. The number of nitrogens with zero attached hydrogens (tertiary/aromatic N) is 1. The van der Waals surface area contributed by atoms with E-state index in [1.54, 1.807) is 21.3 Å². The molecule has 1 saturated heterocycles. The molecule has 0 aromatic heterocycles. The van der Waals surface area contributed by atoms with Gasteiger partial charge in [0.05, 0.1) is 21.3 Å². The van der Waals surface area contributed by atoms with E-state index >= 15 is 0 Å². The molecular formula is C19H30N2O4. The zero-order chi connectivity index (χ0) is 18.4. The summed E-state index contributed by atoms with van der Waals surface area (Å²) in [6.45, 7) is 4.11. The first kappa shape index (κ1) is 19.4. The van der Waals surface area contributed by atoms with Crippen LogP contribution in [0.25, 0.3) is 0 Å². The van der Waals surface area contributed by atoms with Gasteiger partial charge in [0.1, 0.15) is 0 Å². The molecule has 1 aromatic rings. The SMILES string of the molecule is COc1cc(C(C)CC(=O)NC2CCN(C)CC2)cc(OC)c1OC. The minimum Gasteiger partial charge on any atom is -0.493 e. The molecule has 1 heterocycles. The third-order valence-corrected chi connectivity index (χ3v) is 4.83. The number of amides is 1. The monoisotopic (exact) mass is 350 g/mol. The number of piperidine rings is 1. The van der Waals surface area contributed by atoms with Gasteiger partial charge in [0.25, 0.3) is 0 Å². The zero-order valence-corrected chi connectivity index (χ0v) is 15.9. The highest BCUT2D eigenvalue weighted by atomic mass is 16.5. The molecule has 1 aliphatic heterocycles. The molecule has 1 aliphatic rings. The van der Waals surface area contributed by atoms with E-state index in [-0.39, 0.29) is 17.9 Å². The molecule has 6 heteroatoms. The third-order valence-electron chi connectivity index (χ3n) is 4.83. The highest BCUT2D eigenvalue weighted by Gasteiger charge is 2.21. The van der Waals surface area contributed by atoms with Gasteiger partial charge in [0, 0.05) is 12.5 Å². The highest BCUT2D eigenvalue weighted by molar-refractivity contribution is 5.77. The normalized spacial score (nSPS) is 17.0. The van der Waals surface area contributed by atoms with E-state index in [1.807, 2.05) is 19.1 Å². The van der Waals surface area contributed by atoms with Gasteiger partial charge >= 0.3 is 0 Å². The van der Waals surface area contributed by atoms with Crippen LogP contribution in [0, 0.1) is 0 Å². The lowest BCUT2D eigenvalue weighted by molar-refractivity contribution is -0.122. The summed E-state index contributed by atoms with van der Waals surface area (Å²) in [6.07, 6.45) is 2.46. The maximum Gasteiger partial charge on any atom is 0.220 e. The number of ether oxygens (including phenoxy) is 3. The Kier molecular flexibility index (Phi) is 6.93. The Bertz CT molecular complexity index is 558. The zero-order valence-electron chi connectivity index (χ0n) is 15.9. The minimum atomic E-state index is 0.0555. The van der Waals surface area contributed by atoms with E-state index in [4.69, 9.17) is 14.2 Å². The number of carbonyl (C=O) groups is 1. The van der Waals surface area contributed by atoms with E-state index in [9.17, 15) is 4.79 Å². The van der Waals surface area contributed by atoms with E-state index in [2.05, 4.69) is 17.3 Å². The first-order valence-corrected chi connectivity index (χ1v) is 8.76. The molecule has 0 radical (unpaired) electrons. The average Bonchev–Trinajstić information content (AvgIpc) is 2.62. The second kappa shape index (κ2) is 8.94. The van der Waals surface area contributed by atoms with E-state index in [0.29, 0.717) is 23.7 Å². The van der Waals surface area contributed by atoms with E-state index < -0.39 is 0 Å². The summed E-state index contributed by atoms with van der Waals surface area (Å²) in [4.78, 5) is 14.7. The third kappa shape index (κ3) is 5.01. The Balaban J connectivity index is 2.02. The Labute approximate surface area is 150 Å². The van der Waals surface area contributed by atoms with Crippen molar-refractivity contribution in [2.75, 3.05) is 41.5 Å². The van der Waals surface area contributed by atoms with Crippen LogP contribution in [0.15, 0.2) is 12.1 Å². The first-order chi connectivity index (χ1) is 12.0. The van der Waals surface area contributed by atoms with Gasteiger partial charge in [-0.2, -0.15) is 0 Å². The van der Waals surface area contributed by atoms with Crippen molar-refractivity contribution in [1.82, 2.24) is 10.2 Å². The molecular weight excluding hydrogens is 320 g/mol. The summed E-state index contributed by atoms with van der Waals surface area (Å²) in [5, 5.41) is 3.17. The van der Waals surface area contributed by atoms with Crippen LogP contribution in [-0.2, 0) is 4.79 Å². The van der Waals surface area contributed by atoms with Gasteiger partial charge < -0.3 is 24.4 Å². The molecule has 1 N–H and O–H groups in total. The van der Waals surface area contributed by atoms with Crippen molar-refractivity contribution in [3.05, 3.63) is 17.7 Å². The Morgan fingerprint density at radius 2 is 1.72 bits per heavy atom. The van der Waals surface area contributed by atoms with Crippen molar-refractivity contribution in [2.45, 2.75) is 38.1 Å². The summed E-state index contributed by atoms with van der Waals surface area (Å²) >= 11 is 0. The van der Waals surface area contributed by atoms with Gasteiger partial charge in [0.15, 0.2) is 11.5 Å². The lowest BCUT2D eigenvalue weighted by Crippen LogP contribution is -2.43. The molecule has 0 spiro atoms. The van der Waals surface area contributed by atoms with Crippen molar-refractivity contribution in [3.63, 3.8) is 0 Å². The molecule has 140 valence electrons. The van der Waals surface area contributed by atoms with Gasteiger partial charge in [0.2, 0.25) is 11.7 Å².